The van der Waals surface area contributed by atoms with Crippen LogP contribution in [0.3, 0.4) is 0 Å². The monoisotopic (exact) mass is 344 g/mol. The van der Waals surface area contributed by atoms with Crippen LogP contribution in [0.5, 0.6) is 5.75 Å². The minimum atomic E-state index is -1.26. The molecule has 0 aliphatic carbocycles. The van der Waals surface area contributed by atoms with Gasteiger partial charge >= 0.3 is 5.97 Å². The standard InChI is InChI=1S/C14H8N4O5S/c15-4-6-9-10(7-2-1-3-24-7)18-23-13(9)12(21)11(17-6)14(22)16-5-8(19)20/h1-3,21H,5H2,(H,16,22)(H,19,20). The Kier molecular flexibility index (Phi) is 3.85. The molecule has 0 saturated carbocycles. The Morgan fingerprint density at radius 2 is 2.25 bits per heavy atom. The van der Waals surface area contributed by atoms with Crippen LogP contribution in [-0.2, 0) is 4.79 Å². The number of fused-ring (bicyclic) bond motifs is 1. The van der Waals surface area contributed by atoms with E-state index >= 15 is 0 Å². The van der Waals surface area contributed by atoms with Crippen molar-refractivity contribution in [2.75, 3.05) is 6.54 Å². The summed E-state index contributed by atoms with van der Waals surface area (Å²) in [4.78, 5) is 27.0. The van der Waals surface area contributed by atoms with E-state index in [-0.39, 0.29) is 16.7 Å². The first-order valence-corrected chi connectivity index (χ1v) is 7.37. The second kappa shape index (κ2) is 5.98. The second-order valence-corrected chi connectivity index (χ2v) is 5.51. The predicted molar refractivity (Wildman–Crippen MR) is 81.5 cm³/mol. The highest BCUT2D eigenvalue weighted by atomic mass is 32.1. The molecule has 0 aliphatic rings. The molecule has 0 atom stereocenters. The van der Waals surface area contributed by atoms with Crippen LogP contribution in [0.15, 0.2) is 22.0 Å². The molecule has 0 radical (unpaired) electrons. The van der Waals surface area contributed by atoms with Gasteiger partial charge in [-0.2, -0.15) is 5.26 Å². The van der Waals surface area contributed by atoms with Gasteiger partial charge in [0.25, 0.3) is 5.91 Å². The van der Waals surface area contributed by atoms with Gasteiger partial charge in [-0.15, -0.1) is 11.3 Å². The van der Waals surface area contributed by atoms with Crippen LogP contribution in [0.25, 0.3) is 21.5 Å². The number of carbonyl (C=O) groups excluding carboxylic acids is 1. The molecule has 10 heteroatoms. The van der Waals surface area contributed by atoms with Crippen molar-refractivity contribution in [2.45, 2.75) is 0 Å². The van der Waals surface area contributed by atoms with Gasteiger partial charge in [0.15, 0.2) is 17.1 Å². The number of aliphatic carboxylic acids is 1. The Hall–Kier alpha value is -3.45. The van der Waals surface area contributed by atoms with Crippen molar-refractivity contribution in [2.24, 2.45) is 0 Å². The molecule has 3 rings (SSSR count). The third-order valence-corrected chi connectivity index (χ3v) is 3.94. The average molecular weight is 344 g/mol. The second-order valence-electron chi connectivity index (χ2n) is 4.56. The number of hydrogen-bond donors (Lipinski definition) is 3. The normalized spacial score (nSPS) is 10.5. The summed E-state index contributed by atoms with van der Waals surface area (Å²) in [6.45, 7) is -0.656. The van der Waals surface area contributed by atoms with E-state index in [1.165, 1.54) is 11.3 Å². The zero-order valence-electron chi connectivity index (χ0n) is 11.8. The van der Waals surface area contributed by atoms with Gasteiger partial charge in [-0.25, -0.2) is 4.98 Å². The van der Waals surface area contributed by atoms with Crippen LogP contribution < -0.4 is 5.32 Å². The van der Waals surface area contributed by atoms with Gasteiger partial charge < -0.3 is 20.1 Å². The molecular formula is C14H8N4O5S. The number of carbonyl (C=O) groups is 2. The fraction of sp³-hybridized carbons (Fsp3) is 0.0714. The molecule has 0 bridgehead atoms. The number of nitrogens with one attached hydrogen (secondary N) is 1. The minimum Gasteiger partial charge on any atom is -0.503 e. The first-order chi connectivity index (χ1) is 11.5. The van der Waals surface area contributed by atoms with Gasteiger partial charge in [0.05, 0.1) is 10.3 Å². The number of carboxylic acids is 1. The molecule has 1 amide bonds. The summed E-state index contributed by atoms with van der Waals surface area (Å²) < 4.78 is 5.08. The summed E-state index contributed by atoms with van der Waals surface area (Å²) >= 11 is 1.36. The molecule has 0 unspecified atom stereocenters. The SMILES string of the molecule is N#Cc1nc(C(=O)NCC(=O)O)c(O)c2onc(-c3cccs3)c12. The van der Waals surface area contributed by atoms with Crippen LogP contribution in [-0.4, -0.2) is 38.8 Å². The van der Waals surface area contributed by atoms with Crippen LogP contribution >= 0.6 is 11.3 Å². The number of aromatic hydroxyl groups is 1. The summed E-state index contributed by atoms with van der Waals surface area (Å²) in [5.41, 5.74) is -0.496. The van der Waals surface area contributed by atoms with E-state index in [1.54, 1.807) is 12.1 Å². The maximum absolute atomic E-state index is 12.0. The third-order valence-electron chi connectivity index (χ3n) is 3.07. The number of nitriles is 1. The quantitative estimate of drug-likeness (QED) is 0.642. The van der Waals surface area contributed by atoms with Crippen molar-refractivity contribution < 1.29 is 24.3 Å². The highest BCUT2D eigenvalue weighted by Gasteiger charge is 2.26. The molecule has 3 N–H and O–H groups in total. The molecule has 3 aromatic rings. The lowest BCUT2D eigenvalue weighted by Crippen LogP contribution is -2.30. The van der Waals surface area contributed by atoms with Crippen LogP contribution in [0, 0.1) is 11.3 Å². The summed E-state index contributed by atoms with van der Waals surface area (Å²) in [5.74, 6) is -2.81. The highest BCUT2D eigenvalue weighted by molar-refractivity contribution is 7.13. The Bertz CT molecular complexity index is 987. The Balaban J connectivity index is 2.16. The average Bonchev–Trinajstić information content (AvgIpc) is 3.22. The van der Waals surface area contributed by atoms with Gasteiger partial charge in [-0.1, -0.05) is 11.2 Å². The van der Waals surface area contributed by atoms with Crippen LogP contribution in [0.4, 0.5) is 0 Å². The maximum atomic E-state index is 12.0. The van der Waals surface area contributed by atoms with Gasteiger partial charge in [0, 0.05) is 0 Å². The molecule has 0 fully saturated rings. The Morgan fingerprint density at radius 1 is 1.46 bits per heavy atom. The van der Waals surface area contributed by atoms with E-state index in [1.807, 2.05) is 11.4 Å². The van der Waals surface area contributed by atoms with E-state index in [4.69, 9.17) is 9.63 Å². The number of hydrogen-bond acceptors (Lipinski definition) is 8. The molecule has 3 aromatic heterocycles. The van der Waals surface area contributed by atoms with Gasteiger partial charge in [0.1, 0.15) is 18.3 Å². The predicted octanol–water partition coefficient (Wildman–Crippen LogP) is 1.34. The van der Waals surface area contributed by atoms with Gasteiger partial charge in [-0.05, 0) is 11.4 Å². The van der Waals surface area contributed by atoms with Crippen LogP contribution in [0.1, 0.15) is 16.2 Å². The Labute approximate surface area is 137 Å². The zero-order valence-corrected chi connectivity index (χ0v) is 12.6. The first-order valence-electron chi connectivity index (χ1n) is 6.49. The molecule has 120 valence electrons. The molecule has 0 aliphatic heterocycles. The van der Waals surface area contributed by atoms with Crippen LogP contribution in [0.2, 0.25) is 0 Å². The maximum Gasteiger partial charge on any atom is 0.322 e. The lowest BCUT2D eigenvalue weighted by Gasteiger charge is -2.05. The smallest absolute Gasteiger partial charge is 0.322 e. The number of nitrogens with zero attached hydrogens (tertiary/aromatic N) is 3. The van der Waals surface area contributed by atoms with E-state index in [9.17, 15) is 20.0 Å². The fourth-order valence-corrected chi connectivity index (χ4v) is 2.77. The lowest BCUT2D eigenvalue weighted by molar-refractivity contribution is -0.135. The number of pyridine rings is 1. The van der Waals surface area contributed by atoms with Crippen molar-refractivity contribution in [3.63, 3.8) is 0 Å². The molecule has 0 spiro atoms. The number of carboxylic acid groups (broad SMARTS) is 1. The number of thiophene rings is 1. The lowest BCUT2D eigenvalue weighted by atomic mass is 10.1. The number of amides is 1. The summed E-state index contributed by atoms with van der Waals surface area (Å²) in [5, 5.41) is 36.0. The molecule has 9 nitrogen and oxygen atoms in total. The highest BCUT2D eigenvalue weighted by Crippen LogP contribution is 2.37. The third kappa shape index (κ3) is 2.53. The fourth-order valence-electron chi connectivity index (χ4n) is 2.06. The van der Waals surface area contributed by atoms with E-state index in [0.717, 1.165) is 0 Å². The van der Waals surface area contributed by atoms with Crippen molar-refractivity contribution in [1.82, 2.24) is 15.5 Å². The van der Waals surface area contributed by atoms with E-state index in [2.05, 4.69) is 15.5 Å². The number of rotatable bonds is 4. The molecule has 0 aromatic carbocycles. The zero-order chi connectivity index (χ0) is 17.3. The van der Waals surface area contributed by atoms with E-state index in [0.29, 0.717) is 10.6 Å². The van der Waals surface area contributed by atoms with Gasteiger partial charge in [0.2, 0.25) is 5.58 Å². The van der Waals surface area contributed by atoms with Gasteiger partial charge in [-0.3, -0.25) is 9.59 Å². The molecule has 24 heavy (non-hydrogen) atoms. The molecule has 0 saturated heterocycles. The summed E-state index contributed by atoms with van der Waals surface area (Å²) in [7, 11) is 0. The molecule has 3 heterocycles. The number of aromatic nitrogens is 2. The topological polar surface area (TPSA) is 149 Å². The largest absolute Gasteiger partial charge is 0.503 e. The Morgan fingerprint density at radius 3 is 2.88 bits per heavy atom. The summed E-state index contributed by atoms with van der Waals surface area (Å²) in [6.07, 6.45) is 0. The van der Waals surface area contributed by atoms with E-state index < -0.39 is 29.9 Å². The first kappa shape index (κ1) is 15.4. The van der Waals surface area contributed by atoms with Crippen molar-refractivity contribution >= 4 is 34.2 Å². The summed E-state index contributed by atoms with van der Waals surface area (Å²) in [6, 6.07) is 5.37. The minimum absolute atomic E-state index is 0.159. The molecular weight excluding hydrogens is 336 g/mol. The van der Waals surface area contributed by atoms with Crippen molar-refractivity contribution in [3.8, 4) is 22.4 Å². The van der Waals surface area contributed by atoms with Crippen molar-refractivity contribution in [1.29, 1.82) is 5.26 Å². The van der Waals surface area contributed by atoms with Crippen molar-refractivity contribution in [3.05, 3.63) is 28.9 Å².